The van der Waals surface area contributed by atoms with Crippen molar-refractivity contribution in [1.82, 2.24) is 5.32 Å². The Kier molecular flexibility index (Phi) is 5.38. The van der Waals surface area contributed by atoms with Gasteiger partial charge in [-0.2, -0.15) is 0 Å². The Morgan fingerprint density at radius 2 is 2.09 bits per heavy atom. The molecule has 0 unspecified atom stereocenters. The molecule has 0 spiro atoms. The van der Waals surface area contributed by atoms with Crippen molar-refractivity contribution >= 4 is 23.2 Å². The number of hydrogen-bond acceptors (Lipinski definition) is 3. The predicted molar refractivity (Wildman–Crippen MR) is 88.8 cm³/mol. The van der Waals surface area contributed by atoms with Crippen molar-refractivity contribution in [2.45, 2.75) is 12.7 Å². The highest BCUT2D eigenvalue weighted by Gasteiger charge is 2.17. The molecular weight excluding hydrogens is 340 g/mol. The molecule has 6 heteroatoms. The summed E-state index contributed by atoms with van der Waals surface area (Å²) >= 11 is 12.3. The highest BCUT2D eigenvalue weighted by atomic mass is 35.5. The Morgan fingerprint density at radius 3 is 2.78 bits per heavy atom. The Balaban J connectivity index is 1.71. The van der Waals surface area contributed by atoms with Gasteiger partial charge in [-0.3, -0.25) is 0 Å². The molecule has 1 atom stereocenters. The van der Waals surface area contributed by atoms with Gasteiger partial charge in [0.1, 0.15) is 18.2 Å². The van der Waals surface area contributed by atoms with Crippen LogP contribution in [0.25, 0.3) is 0 Å². The molecule has 0 saturated carbocycles. The Bertz CT molecular complexity index is 670. The van der Waals surface area contributed by atoms with Crippen molar-refractivity contribution < 1.29 is 13.9 Å². The largest absolute Gasteiger partial charge is 0.487 e. The highest BCUT2D eigenvalue weighted by molar-refractivity contribution is 6.32. The predicted octanol–water partition coefficient (Wildman–Crippen LogP) is 4.37. The van der Waals surface area contributed by atoms with Gasteiger partial charge in [0.05, 0.1) is 22.8 Å². The van der Waals surface area contributed by atoms with Crippen molar-refractivity contribution in [1.29, 1.82) is 0 Å². The van der Waals surface area contributed by atoms with Gasteiger partial charge in [-0.25, -0.2) is 4.39 Å². The normalized spacial score (nSPS) is 18.0. The number of ether oxygens (including phenoxy) is 2. The van der Waals surface area contributed by atoms with Crippen LogP contribution in [-0.2, 0) is 11.3 Å². The molecule has 3 nitrogen and oxygen atoms in total. The van der Waals surface area contributed by atoms with Crippen LogP contribution in [0.3, 0.4) is 0 Å². The molecule has 3 rings (SSSR count). The zero-order valence-electron chi connectivity index (χ0n) is 12.3. The summed E-state index contributed by atoms with van der Waals surface area (Å²) in [6, 6.07) is 10.0. The molecular formula is C17H16Cl2FNO2. The van der Waals surface area contributed by atoms with E-state index in [1.54, 1.807) is 18.2 Å². The van der Waals surface area contributed by atoms with E-state index < -0.39 is 5.82 Å². The van der Waals surface area contributed by atoms with Gasteiger partial charge in [0.25, 0.3) is 0 Å². The molecule has 0 bridgehead atoms. The van der Waals surface area contributed by atoms with E-state index in [1.165, 1.54) is 6.07 Å². The van der Waals surface area contributed by atoms with Gasteiger partial charge in [0.2, 0.25) is 0 Å². The van der Waals surface area contributed by atoms with Crippen molar-refractivity contribution in [3.63, 3.8) is 0 Å². The summed E-state index contributed by atoms with van der Waals surface area (Å²) in [7, 11) is 0. The molecule has 0 aromatic heterocycles. The Morgan fingerprint density at radius 1 is 1.22 bits per heavy atom. The SMILES string of the molecule is Fc1cccc(Cl)c1COc1ccc([C@H]2CNCCO2)cc1Cl. The zero-order chi connectivity index (χ0) is 16.2. The molecule has 1 heterocycles. The van der Waals surface area contributed by atoms with Crippen molar-refractivity contribution in [3.05, 3.63) is 63.4 Å². The number of nitrogens with one attached hydrogen (secondary N) is 1. The lowest BCUT2D eigenvalue weighted by molar-refractivity contribution is 0.0277. The molecule has 2 aromatic rings. The fraction of sp³-hybridized carbons (Fsp3) is 0.294. The average Bonchev–Trinajstić information content (AvgIpc) is 2.56. The quantitative estimate of drug-likeness (QED) is 0.882. The average molecular weight is 356 g/mol. The lowest BCUT2D eigenvalue weighted by atomic mass is 10.1. The summed E-state index contributed by atoms with van der Waals surface area (Å²) in [4.78, 5) is 0. The maximum absolute atomic E-state index is 13.7. The molecule has 1 aliphatic heterocycles. The van der Waals surface area contributed by atoms with Gasteiger partial charge in [0, 0.05) is 18.7 Å². The first-order valence-electron chi connectivity index (χ1n) is 7.32. The third kappa shape index (κ3) is 3.96. The molecule has 23 heavy (non-hydrogen) atoms. The van der Waals surface area contributed by atoms with E-state index in [1.807, 2.05) is 12.1 Å². The van der Waals surface area contributed by atoms with Crippen LogP contribution in [0.5, 0.6) is 5.75 Å². The van der Waals surface area contributed by atoms with Gasteiger partial charge in [-0.1, -0.05) is 35.3 Å². The summed E-state index contributed by atoms with van der Waals surface area (Å²) in [6.07, 6.45) is -0.0173. The number of rotatable bonds is 4. The van der Waals surface area contributed by atoms with Crippen LogP contribution in [0.2, 0.25) is 10.0 Å². The van der Waals surface area contributed by atoms with Gasteiger partial charge >= 0.3 is 0 Å². The number of halogens is 3. The van der Waals surface area contributed by atoms with Crippen LogP contribution >= 0.6 is 23.2 Å². The molecule has 1 N–H and O–H groups in total. The highest BCUT2D eigenvalue weighted by Crippen LogP contribution is 2.31. The second-order valence-corrected chi connectivity index (χ2v) is 6.06. The van der Waals surface area contributed by atoms with Crippen molar-refractivity contribution in [2.75, 3.05) is 19.7 Å². The van der Waals surface area contributed by atoms with Crippen LogP contribution in [-0.4, -0.2) is 19.7 Å². The minimum Gasteiger partial charge on any atom is -0.487 e. The minimum absolute atomic E-state index is 0.0173. The van der Waals surface area contributed by atoms with E-state index in [0.29, 0.717) is 28.0 Å². The molecule has 2 aromatic carbocycles. The van der Waals surface area contributed by atoms with Gasteiger partial charge in [-0.05, 0) is 29.8 Å². The smallest absolute Gasteiger partial charge is 0.138 e. The summed E-state index contributed by atoms with van der Waals surface area (Å²) in [5.41, 5.74) is 1.30. The second kappa shape index (κ2) is 7.49. The van der Waals surface area contributed by atoms with E-state index in [9.17, 15) is 4.39 Å². The molecule has 0 aliphatic carbocycles. The van der Waals surface area contributed by atoms with Crippen molar-refractivity contribution in [2.24, 2.45) is 0 Å². The lowest BCUT2D eigenvalue weighted by Gasteiger charge is -2.24. The monoisotopic (exact) mass is 355 g/mol. The van der Waals surface area contributed by atoms with E-state index in [4.69, 9.17) is 32.7 Å². The first-order chi connectivity index (χ1) is 11.1. The molecule has 0 amide bonds. The summed E-state index contributed by atoms with van der Waals surface area (Å²) in [5.74, 6) is 0.0884. The molecule has 0 radical (unpaired) electrons. The zero-order valence-corrected chi connectivity index (χ0v) is 13.8. The fourth-order valence-corrected chi connectivity index (χ4v) is 2.90. The lowest BCUT2D eigenvalue weighted by Crippen LogP contribution is -2.33. The maximum Gasteiger partial charge on any atom is 0.138 e. The Hall–Kier alpha value is -1.33. The van der Waals surface area contributed by atoms with Crippen LogP contribution in [0, 0.1) is 5.82 Å². The fourth-order valence-electron chi connectivity index (χ4n) is 2.43. The van der Waals surface area contributed by atoms with Gasteiger partial charge in [-0.15, -0.1) is 0 Å². The molecule has 122 valence electrons. The van der Waals surface area contributed by atoms with E-state index >= 15 is 0 Å². The van der Waals surface area contributed by atoms with Crippen LogP contribution < -0.4 is 10.1 Å². The van der Waals surface area contributed by atoms with Crippen LogP contribution in [0.15, 0.2) is 36.4 Å². The van der Waals surface area contributed by atoms with E-state index in [0.717, 1.165) is 18.7 Å². The van der Waals surface area contributed by atoms with Crippen LogP contribution in [0.1, 0.15) is 17.2 Å². The van der Waals surface area contributed by atoms with Gasteiger partial charge in [0.15, 0.2) is 0 Å². The summed E-state index contributed by atoms with van der Waals surface area (Å²) in [5, 5.41) is 4.07. The van der Waals surface area contributed by atoms with Crippen LogP contribution in [0.4, 0.5) is 4.39 Å². The van der Waals surface area contributed by atoms with E-state index in [-0.39, 0.29) is 12.7 Å². The number of benzene rings is 2. The third-order valence-corrected chi connectivity index (χ3v) is 4.34. The molecule has 1 fully saturated rings. The Labute approximate surface area is 144 Å². The standard InChI is InChI=1S/C17H16Cl2FNO2/c18-13-2-1-3-15(20)12(13)10-23-16-5-4-11(8-14(16)19)17-9-21-6-7-22-17/h1-5,8,17,21H,6-7,9-10H2/t17-/m1/s1. The second-order valence-electron chi connectivity index (χ2n) is 5.24. The summed E-state index contributed by atoms with van der Waals surface area (Å²) in [6.45, 7) is 2.30. The first-order valence-corrected chi connectivity index (χ1v) is 8.08. The number of morpholine rings is 1. The maximum atomic E-state index is 13.7. The molecule has 1 aliphatic rings. The van der Waals surface area contributed by atoms with Crippen molar-refractivity contribution in [3.8, 4) is 5.75 Å². The summed E-state index contributed by atoms with van der Waals surface area (Å²) < 4.78 is 25.0. The first kappa shape index (κ1) is 16.5. The molecule has 1 saturated heterocycles. The van der Waals surface area contributed by atoms with Gasteiger partial charge < -0.3 is 14.8 Å². The van der Waals surface area contributed by atoms with E-state index in [2.05, 4.69) is 5.32 Å². The minimum atomic E-state index is -0.396. The topological polar surface area (TPSA) is 30.5 Å². The number of hydrogen-bond donors (Lipinski definition) is 1. The third-order valence-electron chi connectivity index (χ3n) is 3.69.